The number of sulfone groups is 1. The molecular weight excluding hydrogens is 401 g/mol. The van der Waals surface area contributed by atoms with Gasteiger partial charge in [-0.1, -0.05) is 29.8 Å². The fourth-order valence-corrected chi connectivity index (χ4v) is 4.24. The number of guanidine groups is 1. The van der Waals surface area contributed by atoms with E-state index in [0.29, 0.717) is 23.0 Å². The lowest BCUT2D eigenvalue weighted by atomic mass is 10.1. The number of hydrogen-bond acceptors (Lipinski definition) is 3. The smallest absolute Gasteiger partial charge is 0.191 e. The Morgan fingerprint density at radius 3 is 2.71 bits per heavy atom. The van der Waals surface area contributed by atoms with Crippen molar-refractivity contribution in [3.05, 3.63) is 70.0 Å². The van der Waals surface area contributed by atoms with Gasteiger partial charge in [0.2, 0.25) is 0 Å². The highest BCUT2D eigenvalue weighted by molar-refractivity contribution is 7.89. The Bertz CT molecular complexity index is 995. The fraction of sp³-hybridized carbons (Fsp3) is 0.350. The molecule has 0 radical (unpaired) electrons. The molecule has 0 spiro atoms. The Kier molecular flexibility index (Phi) is 6.25. The first kappa shape index (κ1) is 20.6. The predicted octanol–water partition coefficient (Wildman–Crippen LogP) is 3.24. The van der Waals surface area contributed by atoms with E-state index in [0.717, 1.165) is 17.7 Å². The summed E-state index contributed by atoms with van der Waals surface area (Å²) in [5, 5.41) is 7.21. The molecule has 0 saturated heterocycles. The number of nitrogens with one attached hydrogen (secondary N) is 2. The highest BCUT2D eigenvalue weighted by Crippen LogP contribution is 2.41. The molecule has 5 nitrogen and oxygen atoms in total. The van der Waals surface area contributed by atoms with Crippen LogP contribution in [0.4, 0.5) is 4.39 Å². The standard InChI is InChI=1S/C20H23ClFN3O2S/c1-23-20(25-19-10-18(19)13-4-3-5-16(21)8-13)24-11-15-9-17(22)7-6-14(15)12-28(2,26)27/h3-9,18-19H,10-12H2,1-2H3,(H2,23,24,25). The summed E-state index contributed by atoms with van der Waals surface area (Å²) in [6.07, 6.45) is 2.14. The summed E-state index contributed by atoms with van der Waals surface area (Å²) < 4.78 is 36.9. The second kappa shape index (κ2) is 8.49. The zero-order chi connectivity index (χ0) is 20.3. The molecule has 150 valence electrons. The first-order chi connectivity index (χ1) is 13.2. The maximum absolute atomic E-state index is 13.6. The molecule has 3 rings (SSSR count). The van der Waals surface area contributed by atoms with Gasteiger partial charge in [0.1, 0.15) is 5.82 Å². The molecule has 2 aromatic carbocycles. The lowest BCUT2D eigenvalue weighted by Gasteiger charge is -2.14. The summed E-state index contributed by atoms with van der Waals surface area (Å²) in [6.45, 7) is 0.275. The molecule has 1 aliphatic rings. The van der Waals surface area contributed by atoms with Gasteiger partial charge in [-0.25, -0.2) is 12.8 Å². The molecule has 8 heteroatoms. The topological polar surface area (TPSA) is 70.6 Å². The molecule has 0 amide bonds. The molecule has 2 aromatic rings. The van der Waals surface area contributed by atoms with E-state index in [4.69, 9.17) is 11.6 Å². The van der Waals surface area contributed by atoms with Crippen molar-refractivity contribution in [1.82, 2.24) is 10.6 Å². The maximum Gasteiger partial charge on any atom is 0.191 e. The summed E-state index contributed by atoms with van der Waals surface area (Å²) in [5.74, 6) is 0.423. The van der Waals surface area contributed by atoms with Gasteiger partial charge >= 0.3 is 0 Å². The summed E-state index contributed by atoms with van der Waals surface area (Å²) >= 11 is 6.06. The summed E-state index contributed by atoms with van der Waals surface area (Å²) in [5.41, 5.74) is 2.35. The van der Waals surface area contributed by atoms with Gasteiger partial charge < -0.3 is 10.6 Å². The third-order valence-corrected chi connectivity index (χ3v) is 5.72. The van der Waals surface area contributed by atoms with Crippen molar-refractivity contribution in [3.63, 3.8) is 0 Å². The van der Waals surface area contributed by atoms with Crippen molar-refractivity contribution in [2.75, 3.05) is 13.3 Å². The van der Waals surface area contributed by atoms with Gasteiger partial charge in [0.05, 0.1) is 5.75 Å². The van der Waals surface area contributed by atoms with Gasteiger partial charge in [-0.15, -0.1) is 0 Å². The van der Waals surface area contributed by atoms with Crippen LogP contribution in [0.15, 0.2) is 47.5 Å². The van der Waals surface area contributed by atoms with Crippen LogP contribution >= 0.6 is 11.6 Å². The Hall–Kier alpha value is -2.12. The number of halogens is 2. The van der Waals surface area contributed by atoms with Crippen LogP contribution in [0.2, 0.25) is 5.02 Å². The van der Waals surface area contributed by atoms with Crippen LogP contribution in [0.1, 0.15) is 29.0 Å². The van der Waals surface area contributed by atoms with Crippen molar-refractivity contribution in [3.8, 4) is 0 Å². The van der Waals surface area contributed by atoms with Crippen LogP contribution < -0.4 is 10.6 Å². The van der Waals surface area contributed by atoms with E-state index in [-0.39, 0.29) is 18.3 Å². The average molecular weight is 424 g/mol. The minimum atomic E-state index is -3.21. The van der Waals surface area contributed by atoms with E-state index in [9.17, 15) is 12.8 Å². The number of rotatable bonds is 6. The van der Waals surface area contributed by atoms with Crippen LogP contribution in [0.25, 0.3) is 0 Å². The van der Waals surface area contributed by atoms with Crippen molar-refractivity contribution in [2.45, 2.75) is 30.7 Å². The summed E-state index contributed by atoms with van der Waals surface area (Å²) in [7, 11) is -1.55. The van der Waals surface area contributed by atoms with Gasteiger partial charge in [-0.05, 0) is 47.4 Å². The zero-order valence-corrected chi connectivity index (χ0v) is 17.3. The lowest BCUT2D eigenvalue weighted by Crippen LogP contribution is -2.38. The van der Waals surface area contributed by atoms with E-state index in [1.54, 1.807) is 7.05 Å². The monoisotopic (exact) mass is 423 g/mol. The van der Waals surface area contributed by atoms with Crippen LogP contribution in [0, 0.1) is 5.82 Å². The maximum atomic E-state index is 13.6. The molecule has 2 atom stereocenters. The van der Waals surface area contributed by atoms with Crippen molar-refractivity contribution in [1.29, 1.82) is 0 Å². The Balaban J connectivity index is 1.62. The van der Waals surface area contributed by atoms with Crippen molar-refractivity contribution in [2.24, 2.45) is 4.99 Å². The summed E-state index contributed by atoms with van der Waals surface area (Å²) in [6, 6.07) is 12.2. The second-order valence-electron chi connectivity index (χ2n) is 7.06. The molecular formula is C20H23ClFN3O2S. The van der Waals surface area contributed by atoms with E-state index in [1.165, 1.54) is 23.8 Å². The van der Waals surface area contributed by atoms with Gasteiger partial charge in [0.25, 0.3) is 0 Å². The lowest BCUT2D eigenvalue weighted by molar-refractivity contribution is 0.599. The van der Waals surface area contributed by atoms with E-state index < -0.39 is 15.7 Å². The van der Waals surface area contributed by atoms with E-state index >= 15 is 0 Å². The second-order valence-corrected chi connectivity index (χ2v) is 9.63. The van der Waals surface area contributed by atoms with E-state index in [2.05, 4.69) is 21.7 Å². The normalized spacial score (nSPS) is 19.4. The highest BCUT2D eigenvalue weighted by Gasteiger charge is 2.39. The average Bonchev–Trinajstić information content (AvgIpc) is 3.39. The Morgan fingerprint density at radius 1 is 1.25 bits per heavy atom. The van der Waals surface area contributed by atoms with Crippen molar-refractivity contribution < 1.29 is 12.8 Å². The number of benzene rings is 2. The van der Waals surface area contributed by atoms with Crippen LogP contribution in [-0.2, 0) is 22.1 Å². The van der Waals surface area contributed by atoms with Gasteiger partial charge in [0, 0.05) is 36.8 Å². The Morgan fingerprint density at radius 2 is 2.04 bits per heavy atom. The van der Waals surface area contributed by atoms with Gasteiger partial charge in [-0.2, -0.15) is 0 Å². The highest BCUT2D eigenvalue weighted by atomic mass is 35.5. The molecule has 0 bridgehead atoms. The molecule has 1 fully saturated rings. The molecule has 28 heavy (non-hydrogen) atoms. The third-order valence-electron chi connectivity index (χ3n) is 4.65. The van der Waals surface area contributed by atoms with Crippen LogP contribution in [0.3, 0.4) is 0 Å². The number of aliphatic imine (C=N–C) groups is 1. The van der Waals surface area contributed by atoms with Gasteiger partial charge in [0.15, 0.2) is 15.8 Å². The van der Waals surface area contributed by atoms with Crippen LogP contribution in [-0.4, -0.2) is 33.7 Å². The minimum absolute atomic E-state index is 0.129. The first-order valence-corrected chi connectivity index (χ1v) is 11.4. The molecule has 1 aliphatic carbocycles. The number of nitrogens with zero attached hydrogens (tertiary/aromatic N) is 1. The quantitative estimate of drug-likeness (QED) is 0.552. The van der Waals surface area contributed by atoms with Crippen LogP contribution in [0.5, 0.6) is 0 Å². The van der Waals surface area contributed by atoms with Crippen molar-refractivity contribution >= 4 is 27.4 Å². The molecule has 0 aliphatic heterocycles. The molecule has 0 aromatic heterocycles. The SMILES string of the molecule is CN=C(NCc1cc(F)ccc1CS(C)(=O)=O)NC1CC1c1cccc(Cl)c1. The minimum Gasteiger partial charge on any atom is -0.353 e. The van der Waals surface area contributed by atoms with E-state index in [1.807, 2.05) is 18.2 Å². The summed E-state index contributed by atoms with van der Waals surface area (Å²) in [4.78, 5) is 4.21. The Labute approximate surface area is 169 Å². The third kappa shape index (κ3) is 5.69. The molecule has 2 unspecified atom stereocenters. The molecule has 0 heterocycles. The largest absolute Gasteiger partial charge is 0.353 e. The van der Waals surface area contributed by atoms with Gasteiger partial charge in [-0.3, -0.25) is 4.99 Å². The first-order valence-electron chi connectivity index (χ1n) is 8.93. The predicted molar refractivity (Wildman–Crippen MR) is 111 cm³/mol. The number of hydrogen-bond donors (Lipinski definition) is 2. The molecule has 1 saturated carbocycles. The zero-order valence-electron chi connectivity index (χ0n) is 15.7. The molecule has 2 N–H and O–H groups in total. The fourth-order valence-electron chi connectivity index (χ4n) is 3.19.